The number of amides is 1. The highest BCUT2D eigenvalue weighted by molar-refractivity contribution is 6.34. The number of pyridine rings is 1. The molecule has 0 aliphatic carbocycles. The van der Waals surface area contributed by atoms with Crippen LogP contribution in [0.4, 0.5) is 5.82 Å². The molecule has 0 atom stereocenters. The van der Waals surface area contributed by atoms with E-state index in [1.165, 1.54) is 7.11 Å². The summed E-state index contributed by atoms with van der Waals surface area (Å²) in [5, 5.41) is 1.27. The average molecular weight is 431 g/mol. The highest BCUT2D eigenvalue weighted by Crippen LogP contribution is 2.38. The minimum atomic E-state index is -0.341. The molecule has 1 amide bonds. The molecular weight excluding hydrogens is 404 g/mol. The number of rotatable bonds is 9. The zero-order valence-electron chi connectivity index (χ0n) is 17.7. The van der Waals surface area contributed by atoms with E-state index in [2.05, 4.69) is 29.2 Å². The van der Waals surface area contributed by atoms with Crippen molar-refractivity contribution in [2.24, 2.45) is 0 Å². The van der Waals surface area contributed by atoms with Crippen LogP contribution < -0.4 is 15.1 Å². The highest BCUT2D eigenvalue weighted by Gasteiger charge is 2.18. The zero-order valence-corrected chi connectivity index (χ0v) is 18.5. The van der Waals surface area contributed by atoms with Gasteiger partial charge in [0.2, 0.25) is 5.88 Å². The van der Waals surface area contributed by atoms with Crippen LogP contribution in [-0.2, 0) is 4.84 Å². The average Bonchev–Trinajstić information content (AvgIpc) is 3.16. The van der Waals surface area contributed by atoms with Gasteiger partial charge in [-0.25, -0.2) is 5.48 Å². The number of nitrogens with zero attached hydrogens (tertiary/aromatic N) is 2. The number of unbranched alkanes of at least 4 members (excludes halogenated alkanes) is 1. The van der Waals surface area contributed by atoms with E-state index in [4.69, 9.17) is 26.2 Å². The number of aromatic amines is 1. The van der Waals surface area contributed by atoms with Crippen molar-refractivity contribution >= 4 is 34.2 Å². The molecule has 30 heavy (non-hydrogen) atoms. The second kappa shape index (κ2) is 9.82. The summed E-state index contributed by atoms with van der Waals surface area (Å²) in [5.74, 6) is 1.01. The highest BCUT2D eigenvalue weighted by atomic mass is 35.5. The van der Waals surface area contributed by atoms with Crippen LogP contribution in [0.15, 0.2) is 30.5 Å². The lowest BCUT2D eigenvalue weighted by molar-refractivity contribution is 0.0539. The Kier molecular flexibility index (Phi) is 7.18. The largest absolute Gasteiger partial charge is 0.480 e. The molecule has 2 heterocycles. The van der Waals surface area contributed by atoms with E-state index in [0.717, 1.165) is 53.8 Å². The summed E-state index contributed by atoms with van der Waals surface area (Å²) in [7, 11) is 2.99. The summed E-state index contributed by atoms with van der Waals surface area (Å²) in [4.78, 5) is 27.1. The Hall–Kier alpha value is -2.77. The van der Waals surface area contributed by atoms with E-state index in [9.17, 15) is 4.79 Å². The smallest absolute Gasteiger partial charge is 0.276 e. The van der Waals surface area contributed by atoms with Crippen LogP contribution in [-0.4, -0.2) is 43.2 Å². The van der Waals surface area contributed by atoms with Crippen molar-refractivity contribution in [3.05, 3.63) is 41.0 Å². The molecule has 8 heteroatoms. The molecule has 2 aromatic heterocycles. The number of aromatic nitrogens is 2. The number of hydrogen-bond donors (Lipinski definition) is 2. The van der Waals surface area contributed by atoms with Crippen LogP contribution in [0.5, 0.6) is 5.88 Å². The Balaban J connectivity index is 2.06. The number of carbonyl (C=O) groups is 1. The fourth-order valence-corrected chi connectivity index (χ4v) is 3.70. The van der Waals surface area contributed by atoms with Crippen LogP contribution >= 0.6 is 11.6 Å². The number of ether oxygens (including phenoxy) is 1. The molecule has 0 spiro atoms. The van der Waals surface area contributed by atoms with Gasteiger partial charge < -0.3 is 14.6 Å². The molecule has 7 nitrogen and oxygen atoms in total. The van der Waals surface area contributed by atoms with E-state index >= 15 is 0 Å². The second-order valence-electron chi connectivity index (χ2n) is 6.87. The third-order valence-corrected chi connectivity index (χ3v) is 5.34. The summed E-state index contributed by atoms with van der Waals surface area (Å²) in [6.45, 7) is 6.09. The van der Waals surface area contributed by atoms with E-state index in [0.29, 0.717) is 16.5 Å². The molecule has 0 aliphatic heterocycles. The Morgan fingerprint density at radius 3 is 2.70 bits per heavy atom. The molecule has 0 fully saturated rings. The number of benzene rings is 1. The lowest BCUT2D eigenvalue weighted by atomic mass is 10.0. The first-order valence-electron chi connectivity index (χ1n) is 9.98. The monoisotopic (exact) mass is 430 g/mol. The maximum Gasteiger partial charge on any atom is 0.276 e. The number of hydrogen-bond acceptors (Lipinski definition) is 5. The fourth-order valence-electron chi connectivity index (χ4n) is 3.44. The molecule has 0 aliphatic rings. The first kappa shape index (κ1) is 21.9. The van der Waals surface area contributed by atoms with Crippen molar-refractivity contribution < 1.29 is 14.4 Å². The van der Waals surface area contributed by atoms with E-state index in [1.54, 1.807) is 19.4 Å². The third-order valence-electron chi connectivity index (χ3n) is 5.03. The number of anilines is 1. The van der Waals surface area contributed by atoms with Crippen LogP contribution in [0.1, 0.15) is 37.0 Å². The number of methoxy groups -OCH3 is 1. The second-order valence-corrected chi connectivity index (χ2v) is 7.28. The predicted octanol–water partition coefficient (Wildman–Crippen LogP) is 4.81. The topological polar surface area (TPSA) is 79.5 Å². The zero-order chi connectivity index (χ0) is 21.7. The van der Waals surface area contributed by atoms with E-state index < -0.39 is 0 Å². The summed E-state index contributed by atoms with van der Waals surface area (Å²) in [5.41, 5.74) is 5.06. The molecule has 0 bridgehead atoms. The summed E-state index contributed by atoms with van der Waals surface area (Å²) >= 11 is 6.58. The van der Waals surface area contributed by atoms with Gasteiger partial charge in [-0.05, 0) is 37.6 Å². The molecule has 0 saturated carbocycles. The number of halogens is 1. The van der Waals surface area contributed by atoms with Crippen LogP contribution in [0, 0.1) is 0 Å². The molecule has 160 valence electrons. The van der Waals surface area contributed by atoms with Gasteiger partial charge in [-0.3, -0.25) is 9.63 Å². The van der Waals surface area contributed by atoms with Crippen LogP contribution in [0.25, 0.3) is 22.0 Å². The SMILES string of the molecule is CCCCN(CC)c1ccc(-c2cc3c(C(=O)NOC)c[nH]c3cc2Cl)c(OC)n1. The van der Waals surface area contributed by atoms with Crippen molar-refractivity contribution in [2.45, 2.75) is 26.7 Å². The van der Waals surface area contributed by atoms with E-state index in [-0.39, 0.29) is 5.91 Å². The number of fused-ring (bicyclic) bond motifs is 1. The molecule has 1 aromatic carbocycles. The molecule has 0 saturated heterocycles. The number of nitrogens with one attached hydrogen (secondary N) is 2. The Morgan fingerprint density at radius 1 is 1.23 bits per heavy atom. The van der Waals surface area contributed by atoms with Gasteiger partial charge in [0.25, 0.3) is 5.91 Å². The van der Waals surface area contributed by atoms with Gasteiger partial charge in [0.15, 0.2) is 0 Å². The summed E-state index contributed by atoms with van der Waals surface area (Å²) < 4.78 is 5.60. The maximum absolute atomic E-state index is 12.3. The van der Waals surface area contributed by atoms with Crippen molar-refractivity contribution in [3.8, 4) is 17.0 Å². The lowest BCUT2D eigenvalue weighted by Gasteiger charge is -2.23. The Bertz CT molecular complexity index is 1030. The molecular formula is C22H27ClN4O3. The number of hydroxylamine groups is 1. The van der Waals surface area contributed by atoms with Gasteiger partial charge >= 0.3 is 0 Å². The third kappa shape index (κ3) is 4.37. The summed E-state index contributed by atoms with van der Waals surface area (Å²) in [6, 6.07) is 7.60. The van der Waals surface area contributed by atoms with Crippen molar-refractivity contribution in [1.29, 1.82) is 0 Å². The molecule has 2 N–H and O–H groups in total. The number of carbonyl (C=O) groups excluding carboxylic acids is 1. The summed E-state index contributed by atoms with van der Waals surface area (Å²) in [6.07, 6.45) is 3.85. The molecule has 3 rings (SSSR count). The van der Waals surface area contributed by atoms with Crippen molar-refractivity contribution in [2.75, 3.05) is 32.2 Å². The lowest BCUT2D eigenvalue weighted by Crippen LogP contribution is -2.24. The van der Waals surface area contributed by atoms with Gasteiger partial charge in [-0.1, -0.05) is 24.9 Å². The first-order chi connectivity index (χ1) is 14.5. The van der Waals surface area contributed by atoms with Crippen LogP contribution in [0.3, 0.4) is 0 Å². The standard InChI is InChI=1S/C22H27ClN4O3/c1-5-7-10-27(6-2)20-9-8-14(22(25-20)29-3)15-11-16-17(21(28)26-30-4)13-24-19(16)12-18(15)23/h8-9,11-13,24H,5-7,10H2,1-4H3,(H,26,28). The van der Waals surface area contributed by atoms with Gasteiger partial charge in [0, 0.05) is 41.3 Å². The Morgan fingerprint density at radius 2 is 2.03 bits per heavy atom. The van der Waals surface area contributed by atoms with Gasteiger partial charge in [0.1, 0.15) is 5.82 Å². The van der Waals surface area contributed by atoms with Crippen molar-refractivity contribution in [3.63, 3.8) is 0 Å². The first-order valence-corrected chi connectivity index (χ1v) is 10.4. The maximum atomic E-state index is 12.3. The Labute approximate surface area is 181 Å². The van der Waals surface area contributed by atoms with Gasteiger partial charge in [0.05, 0.1) is 24.8 Å². The fraction of sp³-hybridized carbons (Fsp3) is 0.364. The number of H-pyrrole nitrogens is 1. The predicted molar refractivity (Wildman–Crippen MR) is 120 cm³/mol. The van der Waals surface area contributed by atoms with Gasteiger partial charge in [-0.2, -0.15) is 4.98 Å². The van der Waals surface area contributed by atoms with Crippen LogP contribution in [0.2, 0.25) is 5.02 Å². The van der Waals surface area contributed by atoms with Crippen molar-refractivity contribution in [1.82, 2.24) is 15.4 Å². The normalized spacial score (nSPS) is 11.0. The molecule has 3 aromatic rings. The minimum Gasteiger partial charge on any atom is -0.480 e. The minimum absolute atomic E-state index is 0.341. The van der Waals surface area contributed by atoms with E-state index in [1.807, 2.05) is 18.2 Å². The quantitative estimate of drug-likeness (QED) is 0.476. The molecule has 0 radical (unpaired) electrons. The molecule has 0 unspecified atom stereocenters. The van der Waals surface area contributed by atoms with Gasteiger partial charge in [-0.15, -0.1) is 0 Å².